The Bertz CT molecular complexity index is 606. The largest absolute Gasteiger partial charge is 0.591 e. The van der Waals surface area contributed by atoms with Gasteiger partial charge in [0.1, 0.15) is 16.1 Å². The van der Waals surface area contributed by atoms with Crippen molar-refractivity contribution in [3.8, 4) is 0 Å². The summed E-state index contributed by atoms with van der Waals surface area (Å²) in [5.74, 6) is 0.491. The van der Waals surface area contributed by atoms with E-state index in [4.69, 9.17) is 0 Å². The molecule has 1 rings (SSSR count). The lowest BCUT2D eigenvalue weighted by molar-refractivity contribution is 0.562. The third-order valence-electron chi connectivity index (χ3n) is 4.18. The summed E-state index contributed by atoms with van der Waals surface area (Å²) in [6, 6.07) is 8.29. The van der Waals surface area contributed by atoms with Gasteiger partial charge in [0.25, 0.3) is 0 Å². The molecular weight excluding hydrogens is 314 g/mol. The lowest BCUT2D eigenvalue weighted by atomic mass is 9.90. The normalized spacial score (nSPS) is 16.5. The first kappa shape index (κ1) is 20.7. The van der Waals surface area contributed by atoms with Crippen molar-refractivity contribution in [2.75, 3.05) is 0 Å². The SMILES string of the molecule is C/C=C\C(CC)/C(C)=C(\C)c1ccc(C=N[S+]([O-])C(C)(C)C)cc1. The van der Waals surface area contributed by atoms with Crippen molar-refractivity contribution in [2.24, 2.45) is 10.3 Å². The summed E-state index contributed by atoms with van der Waals surface area (Å²) in [6.45, 7) is 14.5. The molecule has 0 aliphatic heterocycles. The zero-order chi connectivity index (χ0) is 18.3. The standard InChI is InChI=1S/C21H31NOS/c1-8-10-19(9-2)16(3)17(4)20-13-11-18(12-14-20)15-22-24(23)21(5,6)7/h8,10-15,19H,9H2,1-7H3/b10-8-,17-16+,22-15?. The minimum Gasteiger partial charge on any atom is -0.591 e. The Hall–Kier alpha value is -1.32. The van der Waals surface area contributed by atoms with Crippen LogP contribution in [0.5, 0.6) is 0 Å². The van der Waals surface area contributed by atoms with Crippen LogP contribution in [0, 0.1) is 5.92 Å². The molecule has 0 aromatic heterocycles. The lowest BCUT2D eigenvalue weighted by Gasteiger charge is -2.17. The molecule has 0 aliphatic carbocycles. The first-order valence-electron chi connectivity index (χ1n) is 8.57. The molecule has 132 valence electrons. The van der Waals surface area contributed by atoms with Crippen LogP contribution in [0.4, 0.5) is 0 Å². The van der Waals surface area contributed by atoms with E-state index in [1.807, 2.05) is 32.9 Å². The van der Waals surface area contributed by atoms with Gasteiger partial charge in [0.2, 0.25) is 0 Å². The molecule has 0 heterocycles. The fourth-order valence-electron chi connectivity index (χ4n) is 2.41. The highest BCUT2D eigenvalue weighted by molar-refractivity contribution is 7.91. The number of nitrogens with zero attached hydrogens (tertiary/aromatic N) is 1. The van der Waals surface area contributed by atoms with Crippen LogP contribution in [-0.2, 0) is 11.4 Å². The van der Waals surface area contributed by atoms with Gasteiger partial charge in [0.15, 0.2) is 0 Å². The molecule has 0 spiro atoms. The van der Waals surface area contributed by atoms with E-state index in [1.165, 1.54) is 16.7 Å². The molecular formula is C21H31NOS. The summed E-state index contributed by atoms with van der Waals surface area (Å²) >= 11 is -1.22. The van der Waals surface area contributed by atoms with Crippen LogP contribution in [0.25, 0.3) is 5.57 Å². The molecule has 0 bridgehead atoms. The quantitative estimate of drug-likeness (QED) is 0.356. The summed E-state index contributed by atoms with van der Waals surface area (Å²) in [5, 5.41) is 0. The second-order valence-corrected chi connectivity index (χ2v) is 9.00. The smallest absolute Gasteiger partial charge is 0.144 e. The Morgan fingerprint density at radius 2 is 1.79 bits per heavy atom. The lowest BCUT2D eigenvalue weighted by Crippen LogP contribution is -2.25. The highest BCUT2D eigenvalue weighted by atomic mass is 32.2. The molecule has 0 N–H and O–H groups in total. The van der Waals surface area contributed by atoms with Crippen molar-refractivity contribution < 1.29 is 4.55 Å². The Kier molecular flexibility index (Phi) is 7.98. The van der Waals surface area contributed by atoms with Crippen molar-refractivity contribution >= 4 is 23.1 Å². The summed E-state index contributed by atoms with van der Waals surface area (Å²) in [4.78, 5) is 0. The number of rotatable bonds is 6. The van der Waals surface area contributed by atoms with E-state index in [9.17, 15) is 4.55 Å². The molecule has 1 aromatic carbocycles. The fraction of sp³-hybridized carbons (Fsp3) is 0.476. The maximum Gasteiger partial charge on any atom is 0.144 e. The van der Waals surface area contributed by atoms with E-state index in [1.54, 1.807) is 6.21 Å². The van der Waals surface area contributed by atoms with Gasteiger partial charge in [-0.3, -0.25) is 0 Å². The zero-order valence-electron chi connectivity index (χ0n) is 16.1. The number of allylic oxidation sites excluding steroid dienone is 4. The summed E-state index contributed by atoms with van der Waals surface area (Å²) < 4.78 is 15.8. The highest BCUT2D eigenvalue weighted by Gasteiger charge is 2.25. The molecule has 2 unspecified atom stereocenters. The van der Waals surface area contributed by atoms with E-state index >= 15 is 0 Å². The van der Waals surface area contributed by atoms with E-state index < -0.39 is 11.4 Å². The molecule has 0 aliphatic rings. The van der Waals surface area contributed by atoms with Gasteiger partial charge in [-0.15, -0.1) is 0 Å². The summed E-state index contributed by atoms with van der Waals surface area (Å²) in [5.41, 5.74) is 4.93. The van der Waals surface area contributed by atoms with Gasteiger partial charge in [-0.2, -0.15) is 0 Å². The third kappa shape index (κ3) is 5.95. The molecule has 3 heteroatoms. The van der Waals surface area contributed by atoms with Crippen LogP contribution in [0.3, 0.4) is 0 Å². The third-order valence-corrected chi connectivity index (χ3v) is 5.52. The second kappa shape index (κ2) is 9.24. The van der Waals surface area contributed by atoms with Crippen LogP contribution < -0.4 is 0 Å². The molecule has 0 saturated heterocycles. The molecule has 1 aromatic rings. The molecule has 0 fully saturated rings. The topological polar surface area (TPSA) is 35.4 Å². The fourth-order valence-corrected chi connectivity index (χ4v) is 2.94. The first-order valence-corrected chi connectivity index (χ1v) is 9.68. The van der Waals surface area contributed by atoms with Crippen molar-refractivity contribution in [1.29, 1.82) is 0 Å². The van der Waals surface area contributed by atoms with E-state index in [0.717, 1.165) is 12.0 Å². The Morgan fingerprint density at radius 1 is 1.21 bits per heavy atom. The zero-order valence-corrected chi connectivity index (χ0v) is 16.9. The average Bonchev–Trinajstić information content (AvgIpc) is 2.55. The van der Waals surface area contributed by atoms with E-state index in [0.29, 0.717) is 5.92 Å². The molecule has 0 saturated carbocycles. The van der Waals surface area contributed by atoms with Gasteiger partial charge in [0.05, 0.1) is 6.21 Å². The van der Waals surface area contributed by atoms with Crippen molar-refractivity contribution in [2.45, 2.75) is 59.6 Å². The van der Waals surface area contributed by atoms with Gasteiger partial charge < -0.3 is 4.55 Å². The van der Waals surface area contributed by atoms with Crippen molar-refractivity contribution in [3.05, 3.63) is 53.1 Å². The maximum atomic E-state index is 12.0. The number of hydrogen-bond acceptors (Lipinski definition) is 2. The molecule has 0 radical (unpaired) electrons. The minimum absolute atomic E-state index is 0.325. The second-order valence-electron chi connectivity index (χ2n) is 7.07. The molecule has 2 atom stereocenters. The van der Waals surface area contributed by atoms with Gasteiger partial charge in [-0.25, -0.2) is 0 Å². The van der Waals surface area contributed by atoms with Crippen LogP contribution in [0.15, 0.2) is 46.4 Å². The highest BCUT2D eigenvalue weighted by Crippen LogP contribution is 2.26. The van der Waals surface area contributed by atoms with Crippen molar-refractivity contribution in [1.82, 2.24) is 0 Å². The Morgan fingerprint density at radius 3 is 2.25 bits per heavy atom. The Balaban J connectivity index is 2.96. The Labute approximate surface area is 151 Å². The number of hydrogen-bond donors (Lipinski definition) is 0. The van der Waals surface area contributed by atoms with Crippen LogP contribution >= 0.6 is 0 Å². The first-order chi connectivity index (χ1) is 11.2. The van der Waals surface area contributed by atoms with Crippen LogP contribution in [0.2, 0.25) is 0 Å². The van der Waals surface area contributed by atoms with Crippen LogP contribution in [-0.4, -0.2) is 15.5 Å². The predicted molar refractivity (Wildman–Crippen MR) is 109 cm³/mol. The molecule has 24 heavy (non-hydrogen) atoms. The maximum absolute atomic E-state index is 12.0. The van der Waals surface area contributed by atoms with Gasteiger partial charge in [-0.05, 0) is 70.6 Å². The predicted octanol–water partition coefficient (Wildman–Crippen LogP) is 5.96. The van der Waals surface area contributed by atoms with Crippen molar-refractivity contribution in [3.63, 3.8) is 0 Å². The average molecular weight is 346 g/mol. The van der Waals surface area contributed by atoms with E-state index in [-0.39, 0.29) is 4.75 Å². The van der Waals surface area contributed by atoms with Gasteiger partial charge >= 0.3 is 0 Å². The summed E-state index contributed by atoms with van der Waals surface area (Å²) in [6.07, 6.45) is 7.20. The summed E-state index contributed by atoms with van der Waals surface area (Å²) in [7, 11) is 0. The molecule has 0 amide bonds. The van der Waals surface area contributed by atoms with E-state index in [2.05, 4.69) is 56.4 Å². The van der Waals surface area contributed by atoms with Gasteiger partial charge in [0, 0.05) is 0 Å². The number of benzene rings is 1. The van der Waals surface area contributed by atoms with Gasteiger partial charge in [-0.1, -0.05) is 53.3 Å². The molecule has 2 nitrogen and oxygen atoms in total. The minimum atomic E-state index is -1.22. The monoisotopic (exact) mass is 345 g/mol. The van der Waals surface area contributed by atoms with Crippen LogP contribution in [0.1, 0.15) is 66.0 Å².